The first kappa shape index (κ1) is 17.9. The molecule has 0 saturated carbocycles. The maximum atomic E-state index is 12.7. The van der Waals surface area contributed by atoms with E-state index in [0.717, 1.165) is 11.1 Å². The zero-order valence-corrected chi connectivity index (χ0v) is 14.6. The largest absolute Gasteiger partial charge is 0.399 e. The average molecular weight is 313 g/mol. The van der Waals surface area contributed by atoms with Gasteiger partial charge >= 0.3 is 0 Å². The summed E-state index contributed by atoms with van der Waals surface area (Å²) in [5.74, 6) is 0.199. The van der Waals surface area contributed by atoms with E-state index in [4.69, 9.17) is 5.73 Å². The maximum absolute atomic E-state index is 12.7. The number of nitrogens with zero attached hydrogens (tertiary/aromatic N) is 1. The number of benzene rings is 1. The fraction of sp³-hybridized carbons (Fsp3) is 0.600. The third-order valence-electron chi connectivity index (χ3n) is 3.60. The Morgan fingerprint density at radius 3 is 2.29 bits per heavy atom. The number of rotatable bonds is 6. The minimum atomic E-state index is -3.58. The van der Waals surface area contributed by atoms with Crippen LogP contribution in [0.15, 0.2) is 17.0 Å². The maximum Gasteiger partial charge on any atom is 0.241 e. The predicted octanol–water partition coefficient (Wildman–Crippen LogP) is 1.75. The first-order valence-electron chi connectivity index (χ1n) is 7.08. The molecule has 0 spiro atoms. The SMILES string of the molecule is Cc1cc(N)cc(S(=O)(=O)NC(CN(C)C)C(C)C)c1C. The Labute approximate surface area is 128 Å². The lowest BCUT2D eigenvalue weighted by Crippen LogP contribution is -2.45. The van der Waals surface area contributed by atoms with Crippen LogP contribution in [0.1, 0.15) is 25.0 Å². The lowest BCUT2D eigenvalue weighted by Gasteiger charge is -2.26. The molecule has 3 N–H and O–H groups in total. The van der Waals surface area contributed by atoms with Gasteiger partial charge in [-0.2, -0.15) is 0 Å². The molecule has 120 valence electrons. The van der Waals surface area contributed by atoms with Gasteiger partial charge in [-0.15, -0.1) is 0 Å². The molecule has 1 aromatic rings. The summed E-state index contributed by atoms with van der Waals surface area (Å²) in [6.07, 6.45) is 0. The second kappa shape index (κ2) is 6.77. The van der Waals surface area contributed by atoms with E-state index in [0.29, 0.717) is 12.2 Å². The third kappa shape index (κ3) is 4.69. The van der Waals surface area contributed by atoms with Crippen molar-refractivity contribution in [1.29, 1.82) is 0 Å². The van der Waals surface area contributed by atoms with Crippen LogP contribution in [0, 0.1) is 19.8 Å². The van der Waals surface area contributed by atoms with Gasteiger partial charge in [0.15, 0.2) is 0 Å². The Bertz CT molecular complexity index is 595. The van der Waals surface area contributed by atoms with Crippen LogP contribution in [0.2, 0.25) is 0 Å². The number of nitrogens with one attached hydrogen (secondary N) is 1. The van der Waals surface area contributed by atoms with Crippen molar-refractivity contribution in [2.75, 3.05) is 26.4 Å². The van der Waals surface area contributed by atoms with Crippen LogP contribution in [0.5, 0.6) is 0 Å². The summed E-state index contributed by atoms with van der Waals surface area (Å²) in [6, 6.07) is 3.16. The van der Waals surface area contributed by atoms with Gasteiger partial charge in [0.25, 0.3) is 0 Å². The molecule has 0 aliphatic carbocycles. The molecule has 21 heavy (non-hydrogen) atoms. The van der Waals surface area contributed by atoms with Crippen molar-refractivity contribution in [2.24, 2.45) is 5.92 Å². The lowest BCUT2D eigenvalue weighted by molar-refractivity contribution is 0.314. The zero-order chi connectivity index (χ0) is 16.4. The van der Waals surface area contributed by atoms with Crippen molar-refractivity contribution in [2.45, 2.75) is 38.6 Å². The highest BCUT2D eigenvalue weighted by molar-refractivity contribution is 7.89. The van der Waals surface area contributed by atoms with Gasteiger partial charge < -0.3 is 10.6 Å². The Kier molecular flexibility index (Phi) is 5.78. The molecule has 6 heteroatoms. The second-order valence-corrected chi connectivity index (χ2v) is 7.88. The lowest BCUT2D eigenvalue weighted by atomic mass is 10.1. The standard InChI is InChI=1S/C15H27N3O2S/c1-10(2)14(9-18(5)6)17-21(19,20)15-8-13(16)7-11(3)12(15)4/h7-8,10,14,17H,9,16H2,1-6H3. The number of nitrogens with two attached hydrogens (primary N) is 1. The minimum Gasteiger partial charge on any atom is -0.399 e. The number of hydrogen-bond donors (Lipinski definition) is 2. The molecule has 0 aliphatic heterocycles. The molecule has 0 heterocycles. The van der Waals surface area contributed by atoms with E-state index in [2.05, 4.69) is 4.72 Å². The highest BCUT2D eigenvalue weighted by Crippen LogP contribution is 2.23. The van der Waals surface area contributed by atoms with Crippen molar-refractivity contribution in [3.63, 3.8) is 0 Å². The van der Waals surface area contributed by atoms with Crippen LogP contribution < -0.4 is 10.5 Å². The quantitative estimate of drug-likeness (QED) is 0.785. The Morgan fingerprint density at radius 1 is 1.24 bits per heavy atom. The van der Waals surface area contributed by atoms with Crippen LogP contribution in [-0.2, 0) is 10.0 Å². The van der Waals surface area contributed by atoms with Gasteiger partial charge in [-0.05, 0) is 57.1 Å². The van der Waals surface area contributed by atoms with Crippen LogP contribution in [0.25, 0.3) is 0 Å². The Balaban J connectivity index is 3.16. The van der Waals surface area contributed by atoms with Crippen molar-refractivity contribution in [3.8, 4) is 0 Å². The van der Waals surface area contributed by atoms with Gasteiger partial charge in [0, 0.05) is 18.3 Å². The monoisotopic (exact) mass is 313 g/mol. The molecular weight excluding hydrogens is 286 g/mol. The van der Waals surface area contributed by atoms with E-state index >= 15 is 0 Å². The first-order valence-corrected chi connectivity index (χ1v) is 8.56. The van der Waals surface area contributed by atoms with Gasteiger partial charge in [0.1, 0.15) is 0 Å². The van der Waals surface area contributed by atoms with Crippen LogP contribution >= 0.6 is 0 Å². The summed E-state index contributed by atoms with van der Waals surface area (Å²) in [5.41, 5.74) is 7.88. The summed E-state index contributed by atoms with van der Waals surface area (Å²) in [6.45, 7) is 8.34. The molecular formula is C15H27N3O2S. The highest BCUT2D eigenvalue weighted by atomic mass is 32.2. The molecule has 1 aromatic carbocycles. The van der Waals surface area contributed by atoms with E-state index in [1.807, 2.05) is 39.8 Å². The number of anilines is 1. The summed E-state index contributed by atoms with van der Waals surface area (Å²) < 4.78 is 28.1. The van der Waals surface area contributed by atoms with Gasteiger partial charge in [-0.25, -0.2) is 13.1 Å². The molecule has 0 aliphatic rings. The summed E-state index contributed by atoms with van der Waals surface area (Å²) in [4.78, 5) is 2.24. The Hall–Kier alpha value is -1.11. The molecule has 0 saturated heterocycles. The molecule has 0 bridgehead atoms. The number of aryl methyl sites for hydroxylation is 1. The zero-order valence-electron chi connectivity index (χ0n) is 13.8. The molecule has 5 nitrogen and oxygen atoms in total. The number of likely N-dealkylation sites (N-methyl/N-ethyl adjacent to an activating group) is 1. The van der Waals surface area contributed by atoms with Crippen molar-refractivity contribution in [3.05, 3.63) is 23.3 Å². The fourth-order valence-corrected chi connectivity index (χ4v) is 3.90. The topological polar surface area (TPSA) is 75.4 Å². The molecule has 1 atom stereocenters. The molecule has 0 amide bonds. The van der Waals surface area contributed by atoms with Gasteiger partial charge in [0.05, 0.1) is 4.90 Å². The summed E-state index contributed by atoms with van der Waals surface area (Å²) >= 11 is 0. The average Bonchev–Trinajstić information content (AvgIpc) is 2.31. The number of hydrogen-bond acceptors (Lipinski definition) is 4. The minimum absolute atomic E-state index is 0.147. The van der Waals surface area contributed by atoms with Crippen molar-refractivity contribution < 1.29 is 8.42 Å². The Morgan fingerprint density at radius 2 is 1.81 bits per heavy atom. The fourth-order valence-electron chi connectivity index (χ4n) is 2.17. The summed E-state index contributed by atoms with van der Waals surface area (Å²) in [7, 11) is 0.278. The smallest absolute Gasteiger partial charge is 0.241 e. The molecule has 0 aromatic heterocycles. The number of nitrogen functional groups attached to an aromatic ring is 1. The molecule has 1 rings (SSSR count). The van der Waals surface area contributed by atoms with Crippen molar-refractivity contribution in [1.82, 2.24) is 9.62 Å². The molecule has 0 fully saturated rings. The van der Waals surface area contributed by atoms with Crippen LogP contribution in [-0.4, -0.2) is 40.0 Å². The normalized spacial score (nSPS) is 13.9. The van der Waals surface area contributed by atoms with Crippen LogP contribution in [0.3, 0.4) is 0 Å². The summed E-state index contributed by atoms with van der Waals surface area (Å²) in [5, 5.41) is 0. The van der Waals surface area contributed by atoms with E-state index < -0.39 is 10.0 Å². The number of sulfonamides is 1. The first-order chi connectivity index (χ1) is 9.54. The van der Waals surface area contributed by atoms with E-state index in [9.17, 15) is 8.42 Å². The van der Waals surface area contributed by atoms with Gasteiger partial charge in [-0.3, -0.25) is 0 Å². The molecule has 0 radical (unpaired) electrons. The second-order valence-electron chi connectivity index (χ2n) is 6.19. The molecule has 1 unspecified atom stereocenters. The van der Waals surface area contributed by atoms with E-state index in [1.165, 1.54) is 6.07 Å². The van der Waals surface area contributed by atoms with E-state index in [-0.39, 0.29) is 16.9 Å². The highest BCUT2D eigenvalue weighted by Gasteiger charge is 2.25. The predicted molar refractivity (Wildman–Crippen MR) is 87.8 cm³/mol. The van der Waals surface area contributed by atoms with Gasteiger partial charge in [0.2, 0.25) is 10.0 Å². The van der Waals surface area contributed by atoms with Gasteiger partial charge in [-0.1, -0.05) is 13.8 Å². The third-order valence-corrected chi connectivity index (χ3v) is 5.22. The van der Waals surface area contributed by atoms with Crippen molar-refractivity contribution >= 4 is 15.7 Å². The van der Waals surface area contributed by atoms with Crippen LogP contribution in [0.4, 0.5) is 5.69 Å². The van der Waals surface area contributed by atoms with E-state index in [1.54, 1.807) is 13.0 Å².